The first-order valence-electron chi connectivity index (χ1n) is 9.83. The second-order valence-electron chi connectivity index (χ2n) is 7.36. The number of rotatable bonds is 7. The number of esters is 2. The lowest BCUT2D eigenvalue weighted by Gasteiger charge is -2.25. The number of aromatic amines is 1. The van der Waals surface area contributed by atoms with Crippen LogP contribution in [0.4, 0.5) is 0 Å². The van der Waals surface area contributed by atoms with Gasteiger partial charge >= 0.3 is 11.9 Å². The predicted octanol–water partition coefficient (Wildman–Crippen LogP) is 3.52. The molecule has 1 aliphatic rings. The Bertz CT molecular complexity index is 837. The second kappa shape index (κ2) is 9.10. The molecule has 1 saturated heterocycles. The number of hydrogen-bond acceptors (Lipinski definition) is 6. The first-order chi connectivity index (χ1) is 13.4. The molecule has 0 atom stereocenters. The van der Waals surface area contributed by atoms with Crippen molar-refractivity contribution in [1.82, 2.24) is 9.88 Å². The Morgan fingerprint density at radius 2 is 1.89 bits per heavy atom. The Morgan fingerprint density at radius 1 is 1.14 bits per heavy atom. The molecule has 28 heavy (non-hydrogen) atoms. The molecule has 7 nitrogen and oxygen atoms in total. The number of piperidine rings is 1. The summed E-state index contributed by atoms with van der Waals surface area (Å²) in [5.41, 5.74) is 0.973. The molecule has 0 aliphatic carbocycles. The van der Waals surface area contributed by atoms with E-state index in [0.29, 0.717) is 34.7 Å². The molecule has 0 saturated carbocycles. The number of aromatic nitrogens is 1. The van der Waals surface area contributed by atoms with Crippen molar-refractivity contribution < 1.29 is 23.8 Å². The van der Waals surface area contributed by atoms with Crippen molar-refractivity contribution in [3.8, 4) is 11.5 Å². The van der Waals surface area contributed by atoms with Gasteiger partial charge in [-0.3, -0.25) is 9.69 Å². The highest BCUT2D eigenvalue weighted by atomic mass is 16.5. The molecule has 1 aromatic heterocycles. The number of carbonyl (C=O) groups excluding carboxylic acids is 2. The lowest BCUT2D eigenvalue weighted by atomic mass is 10.1. The van der Waals surface area contributed by atoms with Crippen molar-refractivity contribution in [2.45, 2.75) is 46.1 Å². The van der Waals surface area contributed by atoms with E-state index in [1.54, 1.807) is 18.2 Å². The molecule has 152 valence electrons. The standard InChI is InChI=1S/C21H28N2O5/c1-14(2)27-16-11-18-17(20(12-16)28-15(3)24)13-19(22-18)21(25)26-10-9-23-7-5-4-6-8-23/h11-14,22H,4-10H2,1-3H3. The van der Waals surface area contributed by atoms with E-state index in [1.807, 2.05) is 13.8 Å². The molecule has 0 unspecified atom stereocenters. The lowest BCUT2D eigenvalue weighted by Crippen LogP contribution is -2.33. The maximum absolute atomic E-state index is 12.4. The maximum Gasteiger partial charge on any atom is 0.354 e. The fourth-order valence-corrected chi connectivity index (χ4v) is 3.40. The Balaban J connectivity index is 1.73. The number of H-pyrrole nitrogens is 1. The number of nitrogens with zero attached hydrogens (tertiary/aromatic N) is 1. The summed E-state index contributed by atoms with van der Waals surface area (Å²) in [5.74, 6) is 0.0537. The zero-order chi connectivity index (χ0) is 20.1. The minimum Gasteiger partial charge on any atom is -0.491 e. The van der Waals surface area contributed by atoms with E-state index in [0.717, 1.165) is 19.6 Å². The minimum absolute atomic E-state index is 0.0307. The maximum atomic E-state index is 12.4. The third-order valence-corrected chi connectivity index (χ3v) is 4.61. The first kappa shape index (κ1) is 20.2. The molecular formula is C21H28N2O5. The lowest BCUT2D eigenvalue weighted by molar-refractivity contribution is -0.131. The fraction of sp³-hybridized carbons (Fsp3) is 0.524. The predicted molar refractivity (Wildman–Crippen MR) is 106 cm³/mol. The zero-order valence-corrected chi connectivity index (χ0v) is 16.7. The molecule has 0 radical (unpaired) electrons. The van der Waals surface area contributed by atoms with Gasteiger partial charge in [-0.05, 0) is 45.8 Å². The smallest absolute Gasteiger partial charge is 0.354 e. The van der Waals surface area contributed by atoms with Gasteiger partial charge in [-0.1, -0.05) is 6.42 Å². The third-order valence-electron chi connectivity index (χ3n) is 4.61. The highest BCUT2D eigenvalue weighted by Gasteiger charge is 2.17. The molecule has 1 fully saturated rings. The average Bonchev–Trinajstić information content (AvgIpc) is 3.06. The van der Waals surface area contributed by atoms with Crippen LogP contribution in [0.15, 0.2) is 18.2 Å². The Morgan fingerprint density at radius 3 is 2.57 bits per heavy atom. The van der Waals surface area contributed by atoms with Gasteiger partial charge in [-0.15, -0.1) is 0 Å². The van der Waals surface area contributed by atoms with Gasteiger partial charge in [-0.2, -0.15) is 0 Å². The number of ether oxygens (including phenoxy) is 3. The van der Waals surface area contributed by atoms with Crippen LogP contribution in [0, 0.1) is 0 Å². The van der Waals surface area contributed by atoms with Crippen LogP contribution in [0.3, 0.4) is 0 Å². The average molecular weight is 388 g/mol. The number of nitrogens with one attached hydrogen (secondary N) is 1. The molecule has 2 heterocycles. The number of carbonyl (C=O) groups is 2. The molecule has 0 amide bonds. The third kappa shape index (κ3) is 5.25. The van der Waals surface area contributed by atoms with Gasteiger partial charge in [-0.25, -0.2) is 4.79 Å². The number of benzene rings is 1. The Kier molecular flexibility index (Phi) is 6.57. The molecule has 1 N–H and O–H groups in total. The van der Waals surface area contributed by atoms with E-state index >= 15 is 0 Å². The first-order valence-corrected chi connectivity index (χ1v) is 9.83. The summed E-state index contributed by atoms with van der Waals surface area (Å²) in [6, 6.07) is 5.09. The van der Waals surface area contributed by atoms with Gasteiger partial charge in [0.15, 0.2) is 0 Å². The van der Waals surface area contributed by atoms with E-state index in [9.17, 15) is 9.59 Å². The van der Waals surface area contributed by atoms with Gasteiger partial charge < -0.3 is 19.2 Å². The summed E-state index contributed by atoms with van der Waals surface area (Å²) in [5, 5.41) is 0.634. The quantitative estimate of drug-likeness (QED) is 0.577. The molecule has 1 aliphatic heterocycles. The van der Waals surface area contributed by atoms with Gasteiger partial charge in [0.25, 0.3) is 0 Å². The highest BCUT2D eigenvalue weighted by Crippen LogP contribution is 2.32. The topological polar surface area (TPSA) is 80.9 Å². The minimum atomic E-state index is -0.435. The van der Waals surface area contributed by atoms with Gasteiger partial charge in [0.2, 0.25) is 0 Å². The second-order valence-corrected chi connectivity index (χ2v) is 7.36. The molecule has 7 heteroatoms. The van der Waals surface area contributed by atoms with E-state index in [1.165, 1.54) is 26.2 Å². The van der Waals surface area contributed by atoms with Crippen LogP contribution in [0.25, 0.3) is 10.9 Å². The van der Waals surface area contributed by atoms with Crippen LogP contribution < -0.4 is 9.47 Å². The number of likely N-dealkylation sites (tertiary alicyclic amines) is 1. The SMILES string of the molecule is CC(=O)Oc1cc(OC(C)C)cc2[nH]c(C(=O)OCCN3CCCCC3)cc12. The fourth-order valence-electron chi connectivity index (χ4n) is 3.40. The van der Waals surface area contributed by atoms with E-state index < -0.39 is 11.9 Å². The summed E-state index contributed by atoms with van der Waals surface area (Å²) in [6.07, 6.45) is 3.65. The zero-order valence-electron chi connectivity index (χ0n) is 16.7. The van der Waals surface area contributed by atoms with Crippen molar-refractivity contribution in [1.29, 1.82) is 0 Å². The van der Waals surface area contributed by atoms with Crippen molar-refractivity contribution in [3.63, 3.8) is 0 Å². The van der Waals surface area contributed by atoms with Crippen molar-refractivity contribution in [3.05, 3.63) is 23.9 Å². The largest absolute Gasteiger partial charge is 0.491 e. The van der Waals surface area contributed by atoms with Crippen LogP contribution in [0.2, 0.25) is 0 Å². The van der Waals surface area contributed by atoms with Crippen molar-refractivity contribution in [2.24, 2.45) is 0 Å². The molecule has 0 spiro atoms. The molecule has 2 aromatic rings. The molecule has 1 aromatic carbocycles. The van der Waals surface area contributed by atoms with Crippen LogP contribution in [0.1, 0.15) is 50.5 Å². The monoisotopic (exact) mass is 388 g/mol. The molecular weight excluding hydrogens is 360 g/mol. The van der Waals surface area contributed by atoms with Gasteiger partial charge in [0.1, 0.15) is 23.8 Å². The van der Waals surface area contributed by atoms with Crippen LogP contribution in [-0.4, -0.2) is 54.2 Å². The molecule has 0 bridgehead atoms. The van der Waals surface area contributed by atoms with Crippen LogP contribution in [-0.2, 0) is 9.53 Å². The van der Waals surface area contributed by atoms with Gasteiger partial charge in [0.05, 0.1) is 11.6 Å². The summed E-state index contributed by atoms with van der Waals surface area (Å²) in [7, 11) is 0. The summed E-state index contributed by atoms with van der Waals surface area (Å²) in [4.78, 5) is 29.3. The Labute approximate surface area is 164 Å². The van der Waals surface area contributed by atoms with E-state index in [-0.39, 0.29) is 6.10 Å². The Hall–Kier alpha value is -2.54. The van der Waals surface area contributed by atoms with Crippen molar-refractivity contribution >= 4 is 22.8 Å². The van der Waals surface area contributed by atoms with Crippen molar-refractivity contribution in [2.75, 3.05) is 26.2 Å². The number of hydrogen-bond donors (Lipinski definition) is 1. The summed E-state index contributed by atoms with van der Waals surface area (Å²) >= 11 is 0. The van der Waals surface area contributed by atoms with Crippen LogP contribution in [0.5, 0.6) is 11.5 Å². The number of fused-ring (bicyclic) bond motifs is 1. The van der Waals surface area contributed by atoms with E-state index in [4.69, 9.17) is 14.2 Å². The van der Waals surface area contributed by atoms with E-state index in [2.05, 4.69) is 9.88 Å². The summed E-state index contributed by atoms with van der Waals surface area (Å²) < 4.78 is 16.4. The van der Waals surface area contributed by atoms with Gasteiger partial charge in [0, 0.05) is 31.0 Å². The van der Waals surface area contributed by atoms with Crippen LogP contribution >= 0.6 is 0 Å². The highest BCUT2D eigenvalue weighted by molar-refractivity contribution is 5.98. The summed E-state index contributed by atoms with van der Waals surface area (Å²) in [6.45, 7) is 8.39. The normalized spacial score (nSPS) is 15.0. The molecule has 3 rings (SSSR count).